The summed E-state index contributed by atoms with van der Waals surface area (Å²) < 4.78 is 13.2. The van der Waals surface area contributed by atoms with Gasteiger partial charge < -0.3 is 10.2 Å². The van der Waals surface area contributed by atoms with Crippen molar-refractivity contribution >= 4 is 5.91 Å². The van der Waals surface area contributed by atoms with Crippen LogP contribution in [0.15, 0.2) is 18.2 Å². The standard InChI is InChI=1S/C14H19FN2O/c1-10-8-11(4-5-12(10)15)13(18)17-7-6-16-14(2,3)9-17/h4-5,8,16H,6-7,9H2,1-3H3. The molecule has 2 rings (SSSR count). The molecule has 1 aromatic rings. The molecule has 1 fully saturated rings. The molecule has 0 bridgehead atoms. The van der Waals surface area contributed by atoms with Crippen molar-refractivity contribution in [2.24, 2.45) is 0 Å². The molecule has 1 saturated heterocycles. The highest BCUT2D eigenvalue weighted by Gasteiger charge is 2.29. The van der Waals surface area contributed by atoms with Gasteiger partial charge in [-0.25, -0.2) is 4.39 Å². The Morgan fingerprint density at radius 1 is 1.44 bits per heavy atom. The summed E-state index contributed by atoms with van der Waals surface area (Å²) >= 11 is 0. The summed E-state index contributed by atoms with van der Waals surface area (Å²) in [5.74, 6) is -0.292. The SMILES string of the molecule is Cc1cc(C(=O)N2CCNC(C)(C)C2)ccc1F. The minimum absolute atomic E-state index is 0.0207. The van der Waals surface area contributed by atoms with Crippen LogP contribution in [0.5, 0.6) is 0 Å². The van der Waals surface area contributed by atoms with Crippen molar-refractivity contribution in [2.45, 2.75) is 26.3 Å². The van der Waals surface area contributed by atoms with Gasteiger partial charge in [-0.2, -0.15) is 0 Å². The van der Waals surface area contributed by atoms with Gasteiger partial charge in [-0.05, 0) is 44.5 Å². The Balaban J connectivity index is 2.18. The van der Waals surface area contributed by atoms with Gasteiger partial charge >= 0.3 is 0 Å². The lowest BCUT2D eigenvalue weighted by Crippen LogP contribution is -2.58. The zero-order valence-electron chi connectivity index (χ0n) is 11.1. The smallest absolute Gasteiger partial charge is 0.253 e. The van der Waals surface area contributed by atoms with E-state index in [0.29, 0.717) is 24.2 Å². The van der Waals surface area contributed by atoms with Gasteiger partial charge in [0.25, 0.3) is 5.91 Å². The minimum Gasteiger partial charge on any atom is -0.336 e. The Morgan fingerprint density at radius 3 is 2.78 bits per heavy atom. The lowest BCUT2D eigenvalue weighted by Gasteiger charge is -2.39. The van der Waals surface area contributed by atoms with E-state index in [0.717, 1.165) is 6.54 Å². The van der Waals surface area contributed by atoms with Crippen LogP contribution in [0.1, 0.15) is 29.8 Å². The number of rotatable bonds is 1. The van der Waals surface area contributed by atoms with Crippen molar-refractivity contribution in [3.05, 3.63) is 35.1 Å². The van der Waals surface area contributed by atoms with Crippen LogP contribution in [0.2, 0.25) is 0 Å². The highest BCUT2D eigenvalue weighted by atomic mass is 19.1. The first-order chi connectivity index (χ1) is 8.39. The van der Waals surface area contributed by atoms with E-state index < -0.39 is 0 Å². The Labute approximate surface area is 107 Å². The zero-order chi connectivity index (χ0) is 13.3. The summed E-state index contributed by atoms with van der Waals surface area (Å²) in [6.07, 6.45) is 0. The van der Waals surface area contributed by atoms with E-state index >= 15 is 0 Å². The van der Waals surface area contributed by atoms with Crippen LogP contribution in [0.25, 0.3) is 0 Å². The molecule has 1 aromatic carbocycles. The molecule has 0 unspecified atom stereocenters. The molecule has 0 atom stereocenters. The molecule has 1 heterocycles. The molecule has 4 heteroatoms. The van der Waals surface area contributed by atoms with E-state index in [1.807, 2.05) is 4.90 Å². The molecule has 98 valence electrons. The van der Waals surface area contributed by atoms with Crippen molar-refractivity contribution in [3.8, 4) is 0 Å². The summed E-state index contributed by atoms with van der Waals surface area (Å²) in [4.78, 5) is 14.1. The second-order valence-electron chi connectivity index (χ2n) is 5.50. The molecule has 0 radical (unpaired) electrons. The van der Waals surface area contributed by atoms with E-state index in [1.54, 1.807) is 19.1 Å². The van der Waals surface area contributed by atoms with E-state index in [2.05, 4.69) is 19.2 Å². The fraction of sp³-hybridized carbons (Fsp3) is 0.500. The predicted octanol–water partition coefficient (Wildman–Crippen LogP) is 1.96. The summed E-state index contributed by atoms with van der Waals surface area (Å²) in [7, 11) is 0. The summed E-state index contributed by atoms with van der Waals surface area (Å²) in [5, 5.41) is 3.36. The van der Waals surface area contributed by atoms with Crippen LogP contribution in [0, 0.1) is 12.7 Å². The minimum atomic E-state index is -0.271. The summed E-state index contributed by atoms with van der Waals surface area (Å²) in [6, 6.07) is 4.53. The number of hydrogen-bond acceptors (Lipinski definition) is 2. The first-order valence-corrected chi connectivity index (χ1v) is 6.19. The monoisotopic (exact) mass is 250 g/mol. The van der Waals surface area contributed by atoms with Gasteiger partial charge in [0.05, 0.1) is 0 Å². The van der Waals surface area contributed by atoms with Gasteiger partial charge in [-0.1, -0.05) is 0 Å². The van der Waals surface area contributed by atoms with Crippen LogP contribution in [-0.4, -0.2) is 36.0 Å². The van der Waals surface area contributed by atoms with Gasteiger partial charge in [-0.3, -0.25) is 4.79 Å². The molecule has 18 heavy (non-hydrogen) atoms. The first-order valence-electron chi connectivity index (χ1n) is 6.19. The van der Waals surface area contributed by atoms with E-state index in [4.69, 9.17) is 0 Å². The number of nitrogens with one attached hydrogen (secondary N) is 1. The van der Waals surface area contributed by atoms with Gasteiger partial charge in [0.1, 0.15) is 5.82 Å². The molecule has 0 aliphatic carbocycles. The quantitative estimate of drug-likeness (QED) is 0.826. The second kappa shape index (κ2) is 4.69. The zero-order valence-corrected chi connectivity index (χ0v) is 11.1. The first kappa shape index (κ1) is 13.0. The van der Waals surface area contributed by atoms with Crippen LogP contribution in [0.4, 0.5) is 4.39 Å². The van der Waals surface area contributed by atoms with Crippen molar-refractivity contribution < 1.29 is 9.18 Å². The molecule has 1 aliphatic rings. The number of nitrogens with zero attached hydrogens (tertiary/aromatic N) is 1. The Hall–Kier alpha value is -1.42. The van der Waals surface area contributed by atoms with E-state index in [9.17, 15) is 9.18 Å². The third-order valence-corrected chi connectivity index (χ3v) is 3.26. The van der Waals surface area contributed by atoms with Gasteiger partial charge in [-0.15, -0.1) is 0 Å². The number of amides is 1. The summed E-state index contributed by atoms with van der Waals surface area (Å²) in [5.41, 5.74) is 1.00. The van der Waals surface area contributed by atoms with E-state index in [-0.39, 0.29) is 17.3 Å². The van der Waals surface area contributed by atoms with Crippen molar-refractivity contribution in [1.82, 2.24) is 10.2 Å². The number of carbonyl (C=O) groups is 1. The third kappa shape index (κ3) is 2.70. The fourth-order valence-corrected chi connectivity index (χ4v) is 2.28. The van der Waals surface area contributed by atoms with Crippen molar-refractivity contribution in [1.29, 1.82) is 0 Å². The molecule has 0 saturated carbocycles. The predicted molar refractivity (Wildman–Crippen MR) is 69.1 cm³/mol. The number of benzene rings is 1. The Kier molecular flexibility index (Phi) is 3.39. The normalized spacial score (nSPS) is 18.8. The Bertz CT molecular complexity index is 471. The largest absolute Gasteiger partial charge is 0.336 e. The highest BCUT2D eigenvalue weighted by Crippen LogP contribution is 2.15. The third-order valence-electron chi connectivity index (χ3n) is 3.26. The average Bonchev–Trinajstić information content (AvgIpc) is 2.30. The molecular weight excluding hydrogens is 231 g/mol. The number of piperazine rings is 1. The number of aryl methyl sites for hydroxylation is 1. The molecular formula is C14H19FN2O. The van der Waals surface area contributed by atoms with E-state index in [1.165, 1.54) is 6.07 Å². The second-order valence-corrected chi connectivity index (χ2v) is 5.50. The molecule has 1 amide bonds. The molecule has 1 aliphatic heterocycles. The fourth-order valence-electron chi connectivity index (χ4n) is 2.28. The molecule has 1 N–H and O–H groups in total. The lowest BCUT2D eigenvalue weighted by molar-refractivity contribution is 0.0652. The maximum atomic E-state index is 13.2. The maximum Gasteiger partial charge on any atom is 0.253 e. The average molecular weight is 250 g/mol. The maximum absolute atomic E-state index is 13.2. The van der Waals surface area contributed by atoms with Crippen LogP contribution < -0.4 is 5.32 Å². The molecule has 3 nitrogen and oxygen atoms in total. The van der Waals surface area contributed by atoms with Crippen molar-refractivity contribution in [3.63, 3.8) is 0 Å². The van der Waals surface area contributed by atoms with Crippen LogP contribution in [-0.2, 0) is 0 Å². The Morgan fingerprint density at radius 2 is 2.17 bits per heavy atom. The number of hydrogen-bond donors (Lipinski definition) is 1. The topological polar surface area (TPSA) is 32.3 Å². The van der Waals surface area contributed by atoms with Crippen molar-refractivity contribution in [2.75, 3.05) is 19.6 Å². The lowest BCUT2D eigenvalue weighted by atomic mass is 10.0. The summed E-state index contributed by atoms with van der Waals surface area (Å²) in [6.45, 7) is 7.97. The number of halogens is 1. The number of carbonyl (C=O) groups excluding carboxylic acids is 1. The van der Waals surface area contributed by atoms with Crippen LogP contribution in [0.3, 0.4) is 0 Å². The van der Waals surface area contributed by atoms with Crippen LogP contribution >= 0.6 is 0 Å². The molecule has 0 spiro atoms. The highest BCUT2D eigenvalue weighted by molar-refractivity contribution is 5.94. The van der Waals surface area contributed by atoms with Gasteiger partial charge in [0.2, 0.25) is 0 Å². The molecule has 0 aromatic heterocycles. The van der Waals surface area contributed by atoms with Gasteiger partial charge in [0, 0.05) is 30.7 Å². The van der Waals surface area contributed by atoms with Gasteiger partial charge in [0.15, 0.2) is 0 Å².